The Morgan fingerprint density at radius 1 is 0.971 bits per heavy atom. The summed E-state index contributed by atoms with van der Waals surface area (Å²) in [6, 6.07) is 11.9. The zero-order valence-corrected chi connectivity index (χ0v) is 21.5. The van der Waals surface area contributed by atoms with E-state index in [1.807, 2.05) is 24.3 Å². The normalized spacial score (nSPS) is 21.2. The Morgan fingerprint density at radius 2 is 1.63 bits per heavy atom. The Balaban J connectivity index is 1.17. The van der Waals surface area contributed by atoms with E-state index >= 15 is 0 Å². The van der Waals surface area contributed by atoms with Gasteiger partial charge in [0.1, 0.15) is 4.99 Å². The van der Waals surface area contributed by atoms with Gasteiger partial charge in [-0.25, -0.2) is 0 Å². The van der Waals surface area contributed by atoms with Crippen LogP contribution in [-0.4, -0.2) is 54.8 Å². The Labute approximate surface area is 219 Å². The highest BCUT2D eigenvalue weighted by Gasteiger charge is 2.33. The predicted molar refractivity (Wildman–Crippen MR) is 140 cm³/mol. The first-order chi connectivity index (χ1) is 16.7. The molecule has 35 heavy (non-hydrogen) atoms. The first-order valence-corrected chi connectivity index (χ1v) is 12.9. The first kappa shape index (κ1) is 26.3. The van der Waals surface area contributed by atoms with Crippen LogP contribution in [0, 0.1) is 0 Å². The third-order valence-electron chi connectivity index (χ3n) is 6.58. The van der Waals surface area contributed by atoms with Gasteiger partial charge in [-0.1, -0.05) is 35.4 Å². The van der Waals surface area contributed by atoms with Crippen LogP contribution in [0.25, 0.3) is 0 Å². The molecule has 10 heteroatoms. The molecule has 0 radical (unpaired) electrons. The largest absolute Gasteiger partial charge is 0.417 e. The standard InChI is InChI=1S/C25H28Cl2F3N3OS/c26-17-1-6-20(7-2-17)32-11-13-33(14-12-32)24(35)16-34-21-8-3-18(4-9-21)31-19-5-10-23(27)22(15-19)25(28,29)30/h1-2,5-7,10,15,18,21,31H,3-4,8-9,11-14,16H2. The lowest BCUT2D eigenvalue weighted by atomic mass is 9.92. The van der Waals surface area contributed by atoms with Gasteiger partial charge in [0.25, 0.3) is 0 Å². The fourth-order valence-corrected chi connectivity index (χ4v) is 5.19. The molecule has 2 aromatic carbocycles. The van der Waals surface area contributed by atoms with E-state index in [9.17, 15) is 13.2 Å². The summed E-state index contributed by atoms with van der Waals surface area (Å²) in [5.74, 6) is 0. The number of ether oxygens (including phenoxy) is 1. The average Bonchev–Trinajstić information content (AvgIpc) is 2.84. The number of nitrogens with zero attached hydrogens (tertiary/aromatic N) is 2. The molecule has 2 aliphatic rings. The summed E-state index contributed by atoms with van der Waals surface area (Å²) in [6.07, 6.45) is -1.05. The van der Waals surface area contributed by atoms with Crippen LogP contribution < -0.4 is 10.2 Å². The van der Waals surface area contributed by atoms with E-state index in [0.717, 1.165) is 73.6 Å². The van der Waals surface area contributed by atoms with Gasteiger partial charge in [0, 0.05) is 48.6 Å². The van der Waals surface area contributed by atoms with Gasteiger partial charge in [-0.2, -0.15) is 13.2 Å². The summed E-state index contributed by atoms with van der Waals surface area (Å²) >= 11 is 17.3. The minimum atomic E-state index is -4.47. The molecule has 1 aliphatic carbocycles. The molecular formula is C25H28Cl2F3N3OS. The van der Waals surface area contributed by atoms with Crippen LogP contribution in [0.2, 0.25) is 10.0 Å². The van der Waals surface area contributed by atoms with E-state index in [1.165, 1.54) is 6.07 Å². The second kappa shape index (κ2) is 11.5. The molecule has 0 unspecified atom stereocenters. The van der Waals surface area contributed by atoms with Crippen molar-refractivity contribution in [2.45, 2.75) is 44.0 Å². The minimum absolute atomic E-state index is 0.102. The number of alkyl halides is 3. The Hall–Kier alpha value is -1.74. The smallest absolute Gasteiger partial charge is 0.382 e. The van der Waals surface area contributed by atoms with Crippen molar-refractivity contribution in [2.75, 3.05) is 43.0 Å². The number of hydrogen-bond acceptors (Lipinski definition) is 4. The lowest BCUT2D eigenvalue weighted by Crippen LogP contribution is -2.49. The van der Waals surface area contributed by atoms with Crippen molar-refractivity contribution in [1.82, 2.24) is 4.90 Å². The molecule has 2 aromatic rings. The summed E-state index contributed by atoms with van der Waals surface area (Å²) in [6.45, 7) is 3.90. The van der Waals surface area contributed by atoms with Crippen molar-refractivity contribution >= 4 is 51.8 Å². The second-order valence-electron chi connectivity index (χ2n) is 8.97. The van der Waals surface area contributed by atoms with E-state index in [-0.39, 0.29) is 17.2 Å². The molecule has 1 N–H and O–H groups in total. The number of hydrogen-bond donors (Lipinski definition) is 1. The molecule has 1 heterocycles. The Kier molecular flexibility index (Phi) is 8.68. The average molecular weight is 546 g/mol. The monoisotopic (exact) mass is 545 g/mol. The van der Waals surface area contributed by atoms with Gasteiger partial charge in [0.15, 0.2) is 0 Å². The van der Waals surface area contributed by atoms with E-state index in [4.69, 9.17) is 40.2 Å². The van der Waals surface area contributed by atoms with Crippen LogP contribution in [0.1, 0.15) is 31.2 Å². The quantitative estimate of drug-likeness (QED) is 0.398. The van der Waals surface area contributed by atoms with E-state index in [1.54, 1.807) is 6.07 Å². The summed E-state index contributed by atoms with van der Waals surface area (Å²) in [4.78, 5) is 5.35. The number of thiocarbonyl (C=S) groups is 1. The SMILES string of the molecule is FC(F)(F)c1cc(NC2CCC(OCC(=S)N3CCN(c4ccc(Cl)cc4)CC3)CC2)ccc1Cl. The summed E-state index contributed by atoms with van der Waals surface area (Å²) in [5, 5.41) is 3.66. The number of halogens is 5. The van der Waals surface area contributed by atoms with Crippen molar-refractivity contribution < 1.29 is 17.9 Å². The molecule has 0 atom stereocenters. The fraction of sp³-hybridized carbons (Fsp3) is 0.480. The van der Waals surface area contributed by atoms with Crippen molar-refractivity contribution in [3.63, 3.8) is 0 Å². The lowest BCUT2D eigenvalue weighted by molar-refractivity contribution is -0.137. The maximum Gasteiger partial charge on any atom is 0.417 e. The summed E-state index contributed by atoms with van der Waals surface area (Å²) in [7, 11) is 0. The number of rotatable bonds is 6. The molecule has 0 amide bonds. The number of anilines is 2. The van der Waals surface area contributed by atoms with Crippen LogP contribution in [0.4, 0.5) is 24.5 Å². The highest BCUT2D eigenvalue weighted by Crippen LogP contribution is 2.36. The van der Waals surface area contributed by atoms with Gasteiger partial charge in [-0.15, -0.1) is 0 Å². The van der Waals surface area contributed by atoms with Gasteiger partial charge >= 0.3 is 6.18 Å². The van der Waals surface area contributed by atoms with Crippen LogP contribution in [0.5, 0.6) is 0 Å². The van der Waals surface area contributed by atoms with E-state index in [2.05, 4.69) is 15.1 Å². The molecule has 0 aromatic heterocycles. The van der Waals surface area contributed by atoms with Crippen molar-refractivity contribution in [3.8, 4) is 0 Å². The van der Waals surface area contributed by atoms with Gasteiger partial charge in [-0.05, 0) is 68.1 Å². The third kappa shape index (κ3) is 7.15. The van der Waals surface area contributed by atoms with E-state index in [0.29, 0.717) is 12.3 Å². The summed E-state index contributed by atoms with van der Waals surface area (Å²) in [5.41, 5.74) is 0.781. The van der Waals surface area contributed by atoms with Crippen LogP contribution in [-0.2, 0) is 10.9 Å². The zero-order valence-electron chi connectivity index (χ0n) is 19.2. The fourth-order valence-electron chi connectivity index (χ4n) is 4.59. The topological polar surface area (TPSA) is 27.7 Å². The molecule has 1 saturated heterocycles. The van der Waals surface area contributed by atoms with Crippen LogP contribution in [0.15, 0.2) is 42.5 Å². The maximum atomic E-state index is 13.1. The highest BCUT2D eigenvalue weighted by atomic mass is 35.5. The number of piperazine rings is 1. The predicted octanol–water partition coefficient (Wildman–Crippen LogP) is 6.90. The van der Waals surface area contributed by atoms with Gasteiger partial charge in [0.2, 0.25) is 0 Å². The third-order valence-corrected chi connectivity index (χ3v) is 7.54. The lowest BCUT2D eigenvalue weighted by Gasteiger charge is -2.38. The van der Waals surface area contributed by atoms with Crippen LogP contribution >= 0.6 is 35.4 Å². The molecule has 190 valence electrons. The Morgan fingerprint density at radius 3 is 2.26 bits per heavy atom. The molecule has 4 nitrogen and oxygen atoms in total. The molecule has 1 saturated carbocycles. The molecule has 2 fully saturated rings. The second-order valence-corrected chi connectivity index (χ2v) is 10.3. The zero-order chi connectivity index (χ0) is 25.0. The van der Waals surface area contributed by atoms with Crippen molar-refractivity contribution in [1.29, 1.82) is 0 Å². The molecular weight excluding hydrogens is 518 g/mol. The molecule has 0 spiro atoms. The van der Waals surface area contributed by atoms with Crippen molar-refractivity contribution in [3.05, 3.63) is 58.1 Å². The maximum absolute atomic E-state index is 13.1. The molecule has 1 aliphatic heterocycles. The van der Waals surface area contributed by atoms with Gasteiger partial charge in [0.05, 0.1) is 23.3 Å². The van der Waals surface area contributed by atoms with Crippen LogP contribution in [0.3, 0.4) is 0 Å². The van der Waals surface area contributed by atoms with Crippen molar-refractivity contribution in [2.24, 2.45) is 0 Å². The highest BCUT2D eigenvalue weighted by molar-refractivity contribution is 7.80. The van der Waals surface area contributed by atoms with Gasteiger partial charge in [-0.3, -0.25) is 0 Å². The first-order valence-electron chi connectivity index (χ1n) is 11.7. The molecule has 4 rings (SSSR count). The number of benzene rings is 2. The van der Waals surface area contributed by atoms with Gasteiger partial charge < -0.3 is 19.9 Å². The Bertz CT molecular complexity index is 1010. The minimum Gasteiger partial charge on any atom is -0.382 e. The molecule has 0 bridgehead atoms. The summed E-state index contributed by atoms with van der Waals surface area (Å²) < 4.78 is 45.4. The van der Waals surface area contributed by atoms with E-state index < -0.39 is 11.7 Å². The number of nitrogens with one attached hydrogen (secondary N) is 1.